The molecule has 2 unspecified atom stereocenters. The van der Waals surface area contributed by atoms with E-state index in [2.05, 4.69) is 52.3 Å². The van der Waals surface area contributed by atoms with Gasteiger partial charge in [0, 0.05) is 31.1 Å². The Bertz CT molecular complexity index is 2290. The van der Waals surface area contributed by atoms with Crippen molar-refractivity contribution in [1.29, 1.82) is 0 Å². The second-order valence-electron chi connectivity index (χ2n) is 18.3. The molecular weight excluding hydrogens is 851 g/mol. The Kier molecular flexibility index (Phi) is 16.5. The van der Waals surface area contributed by atoms with Crippen molar-refractivity contribution in [2.75, 3.05) is 18.9 Å². The zero-order valence-electron chi connectivity index (χ0n) is 38.6. The lowest BCUT2D eigenvalue weighted by molar-refractivity contribution is -0.158. The maximum atomic E-state index is 14.0. The van der Waals surface area contributed by atoms with Gasteiger partial charge in [0.05, 0.1) is 4.75 Å². The average Bonchev–Trinajstić information content (AvgIpc) is 3.61. The lowest BCUT2D eigenvalue weighted by atomic mass is 9.84. The minimum Gasteiger partial charge on any atom is -0.460 e. The van der Waals surface area contributed by atoms with Gasteiger partial charge in [0.1, 0.15) is 29.9 Å². The van der Waals surface area contributed by atoms with Crippen molar-refractivity contribution < 1.29 is 38.2 Å². The second-order valence-corrected chi connectivity index (χ2v) is 19.6. The van der Waals surface area contributed by atoms with Crippen LogP contribution in [0.3, 0.4) is 0 Å². The number of carbonyl (C=O) groups is 5. The summed E-state index contributed by atoms with van der Waals surface area (Å²) in [6, 6.07) is 44.3. The predicted molar refractivity (Wildman–Crippen MR) is 259 cm³/mol. The first-order valence-corrected chi connectivity index (χ1v) is 23.5. The molecular formula is C54H61N3O8S. The van der Waals surface area contributed by atoms with Gasteiger partial charge in [0.15, 0.2) is 0 Å². The predicted octanol–water partition coefficient (Wildman–Crippen LogP) is 9.46. The van der Waals surface area contributed by atoms with Gasteiger partial charge in [-0.3, -0.25) is 14.4 Å². The molecule has 0 aliphatic heterocycles. The molecule has 0 heterocycles. The van der Waals surface area contributed by atoms with Gasteiger partial charge in [-0.05, 0) is 93.3 Å². The molecule has 12 heteroatoms. The number of thioether (sulfide) groups is 1. The number of alkyl carbamates (subject to hydrolysis) is 1. The molecule has 6 rings (SSSR count). The van der Waals surface area contributed by atoms with Crippen molar-refractivity contribution in [2.45, 2.75) is 101 Å². The van der Waals surface area contributed by atoms with Crippen molar-refractivity contribution in [3.63, 3.8) is 0 Å². The van der Waals surface area contributed by atoms with Crippen molar-refractivity contribution in [3.05, 3.63) is 167 Å². The van der Waals surface area contributed by atoms with E-state index in [9.17, 15) is 24.0 Å². The van der Waals surface area contributed by atoms with Crippen molar-refractivity contribution in [1.82, 2.24) is 16.0 Å². The van der Waals surface area contributed by atoms with Crippen LogP contribution >= 0.6 is 11.8 Å². The van der Waals surface area contributed by atoms with Gasteiger partial charge in [-0.15, -0.1) is 11.8 Å². The number of esters is 2. The number of amides is 3. The van der Waals surface area contributed by atoms with Gasteiger partial charge >= 0.3 is 18.0 Å². The molecule has 3 amide bonds. The van der Waals surface area contributed by atoms with Gasteiger partial charge in [-0.1, -0.05) is 140 Å². The van der Waals surface area contributed by atoms with Crippen LogP contribution in [0.2, 0.25) is 0 Å². The minimum absolute atomic E-state index is 0.0279. The maximum Gasteiger partial charge on any atom is 0.407 e. The van der Waals surface area contributed by atoms with Crippen LogP contribution in [-0.4, -0.2) is 72.0 Å². The molecule has 1 aliphatic rings. The Labute approximate surface area is 392 Å². The minimum atomic E-state index is -1.24. The highest BCUT2D eigenvalue weighted by atomic mass is 32.2. The summed E-state index contributed by atoms with van der Waals surface area (Å²) in [5.41, 5.74) is 5.85. The van der Waals surface area contributed by atoms with E-state index in [4.69, 9.17) is 14.2 Å². The lowest BCUT2D eigenvalue weighted by Gasteiger charge is -2.35. The summed E-state index contributed by atoms with van der Waals surface area (Å²) in [5.74, 6) is -1.99. The topological polar surface area (TPSA) is 149 Å². The van der Waals surface area contributed by atoms with Gasteiger partial charge in [-0.2, -0.15) is 0 Å². The van der Waals surface area contributed by atoms with Gasteiger partial charge in [-0.25, -0.2) is 9.59 Å². The van der Waals surface area contributed by atoms with Crippen LogP contribution in [0.5, 0.6) is 0 Å². The summed E-state index contributed by atoms with van der Waals surface area (Å²) in [4.78, 5) is 67.3. The highest BCUT2D eigenvalue weighted by molar-refractivity contribution is 8.00. The SMILES string of the molecule is CC(C)(C)OC(=O)CCC(NC(=O)CCC(NC(=O)OCC1c2ccccc2-c2ccccc21)C(=O)OC(C)(C)C)C(=O)NCCSC(c1ccccc1)(c1ccccc1)c1ccccc1. The summed E-state index contributed by atoms with van der Waals surface area (Å²) in [7, 11) is 0. The van der Waals surface area contributed by atoms with Crippen LogP contribution in [0, 0.1) is 0 Å². The number of nitrogens with one attached hydrogen (secondary N) is 3. The van der Waals surface area contributed by atoms with E-state index in [1.54, 1.807) is 53.3 Å². The molecule has 0 aromatic heterocycles. The highest BCUT2D eigenvalue weighted by Gasteiger charge is 2.37. The number of ether oxygens (including phenoxy) is 3. The third-order valence-corrected chi connectivity index (χ3v) is 12.5. The Morgan fingerprint density at radius 1 is 0.576 bits per heavy atom. The molecule has 0 saturated heterocycles. The fourth-order valence-corrected chi connectivity index (χ4v) is 9.56. The first kappa shape index (κ1) is 49.0. The largest absolute Gasteiger partial charge is 0.460 e. The molecule has 1 aliphatic carbocycles. The molecule has 0 spiro atoms. The Hall–Kier alpha value is -6.40. The molecule has 0 saturated carbocycles. The second kappa shape index (κ2) is 22.2. The monoisotopic (exact) mass is 911 g/mol. The van der Waals surface area contributed by atoms with Crippen LogP contribution in [0.25, 0.3) is 11.1 Å². The first-order valence-electron chi connectivity index (χ1n) is 22.5. The lowest BCUT2D eigenvalue weighted by Crippen LogP contribution is -2.49. The van der Waals surface area contributed by atoms with E-state index in [0.29, 0.717) is 5.75 Å². The molecule has 346 valence electrons. The smallest absolute Gasteiger partial charge is 0.407 e. The van der Waals surface area contributed by atoms with E-state index < -0.39 is 57.9 Å². The Morgan fingerprint density at radius 2 is 1.05 bits per heavy atom. The van der Waals surface area contributed by atoms with E-state index in [1.165, 1.54) is 0 Å². The van der Waals surface area contributed by atoms with E-state index in [-0.39, 0.29) is 44.8 Å². The maximum absolute atomic E-state index is 14.0. The zero-order chi connectivity index (χ0) is 47.3. The Morgan fingerprint density at radius 3 is 1.55 bits per heavy atom. The van der Waals surface area contributed by atoms with Gasteiger partial charge in [0.25, 0.3) is 0 Å². The van der Waals surface area contributed by atoms with E-state index in [1.807, 2.05) is 103 Å². The molecule has 3 N–H and O–H groups in total. The summed E-state index contributed by atoms with van der Waals surface area (Å²) >= 11 is 1.68. The van der Waals surface area contributed by atoms with Gasteiger partial charge in [0.2, 0.25) is 11.8 Å². The molecule has 0 fully saturated rings. The van der Waals surface area contributed by atoms with Crippen LogP contribution in [0.15, 0.2) is 140 Å². The van der Waals surface area contributed by atoms with Crippen LogP contribution in [0.1, 0.15) is 101 Å². The summed E-state index contributed by atoms with van der Waals surface area (Å²) < 4.78 is 16.3. The number of fused-ring (bicyclic) bond motifs is 3. The third-order valence-electron chi connectivity index (χ3n) is 11.0. The molecule has 11 nitrogen and oxygen atoms in total. The summed E-state index contributed by atoms with van der Waals surface area (Å²) in [6.07, 6.45) is -1.41. The molecule has 5 aromatic rings. The van der Waals surface area contributed by atoms with Gasteiger partial charge < -0.3 is 30.2 Å². The third kappa shape index (κ3) is 13.1. The van der Waals surface area contributed by atoms with Crippen LogP contribution in [-0.2, 0) is 38.1 Å². The number of benzene rings is 5. The number of hydrogen-bond donors (Lipinski definition) is 3. The molecule has 66 heavy (non-hydrogen) atoms. The van der Waals surface area contributed by atoms with Crippen molar-refractivity contribution in [3.8, 4) is 11.1 Å². The fraction of sp³-hybridized carbons (Fsp3) is 0.352. The van der Waals surface area contributed by atoms with E-state index >= 15 is 0 Å². The molecule has 0 radical (unpaired) electrons. The fourth-order valence-electron chi connectivity index (χ4n) is 8.14. The number of carbonyl (C=O) groups excluding carboxylic acids is 5. The molecule has 2 atom stereocenters. The summed E-state index contributed by atoms with van der Waals surface area (Å²) in [6.45, 7) is 10.7. The average molecular weight is 912 g/mol. The number of hydrogen-bond acceptors (Lipinski definition) is 9. The Balaban J connectivity index is 1.12. The van der Waals surface area contributed by atoms with E-state index in [0.717, 1.165) is 38.9 Å². The van der Waals surface area contributed by atoms with Crippen molar-refractivity contribution >= 4 is 41.6 Å². The molecule has 0 bridgehead atoms. The van der Waals surface area contributed by atoms with Crippen LogP contribution < -0.4 is 16.0 Å². The first-order chi connectivity index (χ1) is 31.5. The normalized spacial score (nSPS) is 13.3. The molecule has 5 aromatic carbocycles. The quantitative estimate of drug-likeness (QED) is 0.0319. The zero-order valence-corrected chi connectivity index (χ0v) is 39.5. The standard InChI is InChI=1S/C54H61N3O8S/c1-52(2,3)64-48(59)33-31-45(49(60)55-34-35-66-54(37-20-10-7-11-21-37,38-22-12-8-13-23-38)39-24-14-9-15-25-39)56-47(58)32-30-46(50(61)65-53(4,5)6)57-51(62)63-36-44-42-28-18-16-26-40(42)41-27-17-19-29-43(41)44/h7-29,44-46H,30-36H2,1-6H3,(H,55,60)(H,56,58)(H,57,62). The summed E-state index contributed by atoms with van der Waals surface area (Å²) in [5, 5.41) is 8.41. The van der Waals surface area contributed by atoms with Crippen LogP contribution in [0.4, 0.5) is 4.79 Å². The highest BCUT2D eigenvalue weighted by Crippen LogP contribution is 2.48. The number of rotatable bonds is 19. The van der Waals surface area contributed by atoms with Crippen molar-refractivity contribution in [2.24, 2.45) is 0 Å².